The van der Waals surface area contributed by atoms with Crippen LogP contribution in [0.3, 0.4) is 0 Å². The normalized spacial score (nSPS) is 15.7. The van der Waals surface area contributed by atoms with E-state index < -0.39 is 24.3 Å². The van der Waals surface area contributed by atoms with Crippen LogP contribution in [0.25, 0.3) is 0 Å². The van der Waals surface area contributed by atoms with Crippen molar-refractivity contribution in [3.8, 4) is 5.75 Å². The van der Waals surface area contributed by atoms with Crippen molar-refractivity contribution in [2.45, 2.75) is 95.8 Å². The van der Waals surface area contributed by atoms with Crippen molar-refractivity contribution < 1.29 is 29.0 Å². The molecule has 4 aromatic rings. The van der Waals surface area contributed by atoms with E-state index in [2.05, 4.69) is 34.8 Å². The Labute approximate surface area is 351 Å². The molecule has 12 nitrogen and oxygen atoms in total. The first-order chi connectivity index (χ1) is 27.8. The molecule has 0 spiro atoms. The summed E-state index contributed by atoms with van der Waals surface area (Å²) in [7, 11) is 1.70. The van der Waals surface area contributed by atoms with Crippen LogP contribution in [0.15, 0.2) is 90.3 Å². The average Bonchev–Trinajstić information content (AvgIpc) is 3.91. The highest BCUT2D eigenvalue weighted by Gasteiger charge is 2.29. The average molecular weight is 833 g/mol. The molecule has 3 aromatic carbocycles. The lowest BCUT2D eigenvalue weighted by Crippen LogP contribution is -2.55. The molecule has 1 aliphatic heterocycles. The van der Waals surface area contributed by atoms with Gasteiger partial charge >= 0.3 is 12.2 Å². The maximum atomic E-state index is 13.6. The molecule has 0 radical (unpaired) electrons. The van der Waals surface area contributed by atoms with E-state index in [4.69, 9.17) is 15.2 Å². The maximum Gasteiger partial charge on any atom is 0.513 e. The van der Waals surface area contributed by atoms with E-state index in [1.807, 2.05) is 98.9 Å². The SMILES string of the molecule is CC(C)c1nc(CN(C)C(=O)N[C@H](C(=O)N[C@@H](Cc2ccccc2)C[C@H](O)[C@@H](N)Cc2ccccc2)C(C)C)cs1.Cc1ccc(OC(=O)OCC2CNCS2)cc1. The highest BCUT2D eigenvalue weighted by molar-refractivity contribution is 8.00. The minimum atomic E-state index is -0.823. The molecule has 1 unspecified atom stereocenters. The Balaban J connectivity index is 0.000000362. The largest absolute Gasteiger partial charge is 0.513 e. The number of carbonyl (C=O) groups excluding carboxylic acids is 3. The molecule has 1 aliphatic rings. The zero-order valence-corrected chi connectivity index (χ0v) is 36.1. The third kappa shape index (κ3) is 16.1. The molecule has 1 fully saturated rings. The summed E-state index contributed by atoms with van der Waals surface area (Å²) in [4.78, 5) is 44.2. The lowest BCUT2D eigenvalue weighted by molar-refractivity contribution is -0.124. The van der Waals surface area contributed by atoms with Crippen LogP contribution in [0.4, 0.5) is 9.59 Å². The van der Waals surface area contributed by atoms with Gasteiger partial charge in [-0.25, -0.2) is 14.6 Å². The molecule has 1 saturated heterocycles. The number of amides is 3. The lowest BCUT2D eigenvalue weighted by atomic mass is 9.93. The number of rotatable bonds is 17. The molecule has 6 N–H and O–H groups in total. The summed E-state index contributed by atoms with van der Waals surface area (Å²) in [6, 6.07) is 25.0. The minimum Gasteiger partial charge on any atom is -0.433 e. The van der Waals surface area contributed by atoms with Gasteiger partial charge in [0.15, 0.2) is 0 Å². The monoisotopic (exact) mass is 832 g/mol. The Morgan fingerprint density at radius 3 is 2.16 bits per heavy atom. The van der Waals surface area contributed by atoms with Crippen molar-refractivity contribution >= 4 is 41.2 Å². The number of nitrogens with zero attached hydrogens (tertiary/aromatic N) is 2. The number of thiazole rings is 1. The van der Waals surface area contributed by atoms with Gasteiger partial charge in [-0.05, 0) is 55.4 Å². The van der Waals surface area contributed by atoms with Gasteiger partial charge in [-0.15, -0.1) is 23.1 Å². The van der Waals surface area contributed by atoms with Gasteiger partial charge in [-0.2, -0.15) is 0 Å². The third-order valence-corrected chi connectivity index (χ3v) is 11.8. The molecule has 5 rings (SSSR count). The standard InChI is InChI=1S/C32H45N5O3S.C12H15NO3S/c1-21(2)29(36-32(40)37(5)19-26-20-41-31(35-26)22(3)4)30(39)34-25(16-23-12-8-6-9-13-23)18-28(38)27(33)17-24-14-10-7-11-15-24;1-9-2-4-10(5-3-9)16-12(14)15-7-11-6-13-8-17-11/h6-15,20-22,25,27-29,38H,16-19,33H2,1-5H3,(H,34,39)(H,36,40);2-5,11,13H,6-8H2,1H3/t25-,27-,28-,29-;/m0./s1. The molecule has 2 heterocycles. The Bertz CT molecular complexity index is 1820. The van der Waals surface area contributed by atoms with Crippen LogP contribution in [0.1, 0.15) is 67.4 Å². The second-order valence-electron chi connectivity index (χ2n) is 15.3. The van der Waals surface area contributed by atoms with E-state index in [1.54, 1.807) is 42.3 Å². The van der Waals surface area contributed by atoms with Gasteiger partial charge in [0.25, 0.3) is 0 Å². The Hall–Kier alpha value is -4.47. The molecule has 0 bridgehead atoms. The molecule has 0 saturated carbocycles. The first-order valence-corrected chi connectivity index (χ1v) is 21.7. The van der Waals surface area contributed by atoms with Crippen LogP contribution in [0.5, 0.6) is 5.75 Å². The van der Waals surface area contributed by atoms with Crippen LogP contribution in [-0.2, 0) is 28.9 Å². The highest BCUT2D eigenvalue weighted by atomic mass is 32.2. The Morgan fingerprint density at radius 2 is 1.59 bits per heavy atom. The van der Waals surface area contributed by atoms with Gasteiger partial charge in [0.2, 0.25) is 5.91 Å². The van der Waals surface area contributed by atoms with Crippen molar-refractivity contribution in [3.63, 3.8) is 0 Å². The summed E-state index contributed by atoms with van der Waals surface area (Å²) in [5.41, 5.74) is 10.4. The summed E-state index contributed by atoms with van der Waals surface area (Å²) in [6.07, 6.45) is -0.113. The number of aryl methyl sites for hydroxylation is 1. The van der Waals surface area contributed by atoms with E-state index in [-0.39, 0.29) is 30.3 Å². The van der Waals surface area contributed by atoms with Crippen LogP contribution < -0.4 is 26.4 Å². The molecular formula is C44H60N6O6S2. The number of hydrogen-bond donors (Lipinski definition) is 5. The number of nitrogens with two attached hydrogens (primary N) is 1. The summed E-state index contributed by atoms with van der Waals surface area (Å²) in [5, 5.41) is 23.6. The fraction of sp³-hybridized carbons (Fsp3) is 0.455. The highest BCUT2D eigenvalue weighted by Crippen LogP contribution is 2.20. The number of thioether (sulfide) groups is 1. The summed E-state index contributed by atoms with van der Waals surface area (Å²) in [6.45, 7) is 11.6. The molecule has 3 amide bonds. The summed E-state index contributed by atoms with van der Waals surface area (Å²) in [5.74, 6) is 1.32. The van der Waals surface area contributed by atoms with Gasteiger partial charge in [-0.1, -0.05) is 106 Å². The van der Waals surface area contributed by atoms with Crippen molar-refractivity contribution in [2.24, 2.45) is 11.7 Å². The van der Waals surface area contributed by atoms with Gasteiger partial charge < -0.3 is 41.2 Å². The Kier molecular flexibility index (Phi) is 19.0. The zero-order valence-electron chi connectivity index (χ0n) is 34.4. The number of aromatic nitrogens is 1. The Morgan fingerprint density at radius 1 is 0.948 bits per heavy atom. The van der Waals surface area contributed by atoms with Crippen molar-refractivity contribution in [1.29, 1.82) is 0 Å². The smallest absolute Gasteiger partial charge is 0.433 e. The van der Waals surface area contributed by atoms with E-state index in [0.29, 0.717) is 42.9 Å². The minimum absolute atomic E-state index is 0.151. The van der Waals surface area contributed by atoms with Crippen molar-refractivity contribution in [1.82, 2.24) is 25.8 Å². The van der Waals surface area contributed by atoms with E-state index in [0.717, 1.165) is 39.8 Å². The van der Waals surface area contributed by atoms with Crippen LogP contribution >= 0.6 is 23.1 Å². The van der Waals surface area contributed by atoms with Gasteiger partial charge in [0, 0.05) is 42.9 Å². The first kappa shape index (κ1) is 46.2. The number of benzene rings is 3. The zero-order chi connectivity index (χ0) is 42.0. The number of urea groups is 1. The number of aliphatic hydroxyl groups excluding tert-OH is 1. The van der Waals surface area contributed by atoms with Crippen LogP contribution in [-0.4, -0.2) is 88.6 Å². The molecule has 1 aromatic heterocycles. The number of nitrogens with one attached hydrogen (secondary N) is 3. The predicted molar refractivity (Wildman–Crippen MR) is 233 cm³/mol. The molecule has 58 heavy (non-hydrogen) atoms. The molecule has 5 atom stereocenters. The van der Waals surface area contributed by atoms with E-state index >= 15 is 0 Å². The topological polar surface area (TPSA) is 168 Å². The van der Waals surface area contributed by atoms with Crippen molar-refractivity contribution in [3.05, 3.63) is 118 Å². The molecule has 314 valence electrons. The van der Waals surface area contributed by atoms with Crippen LogP contribution in [0.2, 0.25) is 0 Å². The number of ether oxygens (including phenoxy) is 2. The maximum absolute atomic E-state index is 13.6. The first-order valence-electron chi connectivity index (χ1n) is 19.8. The number of carbonyl (C=O) groups is 3. The van der Waals surface area contributed by atoms with Gasteiger partial charge in [-0.3, -0.25) is 4.79 Å². The fourth-order valence-electron chi connectivity index (χ4n) is 6.08. The molecule has 14 heteroatoms. The third-order valence-electron chi connectivity index (χ3n) is 9.45. The molecular weight excluding hydrogens is 773 g/mol. The summed E-state index contributed by atoms with van der Waals surface area (Å²) >= 11 is 3.34. The fourth-order valence-corrected chi connectivity index (χ4v) is 7.78. The van der Waals surface area contributed by atoms with E-state index in [1.165, 1.54) is 4.90 Å². The van der Waals surface area contributed by atoms with Crippen molar-refractivity contribution in [2.75, 3.05) is 26.1 Å². The molecule has 0 aliphatic carbocycles. The number of hydrogen-bond acceptors (Lipinski definition) is 11. The van der Waals surface area contributed by atoms with Gasteiger partial charge in [0.05, 0.1) is 28.6 Å². The summed E-state index contributed by atoms with van der Waals surface area (Å²) < 4.78 is 10.1. The quantitative estimate of drug-likeness (QED) is 0.0574. The predicted octanol–water partition coefficient (Wildman–Crippen LogP) is 6.65. The second-order valence-corrected chi connectivity index (χ2v) is 17.5. The lowest BCUT2D eigenvalue weighted by Gasteiger charge is -2.29. The second kappa shape index (κ2) is 23.8. The number of aliphatic hydroxyl groups is 1. The van der Waals surface area contributed by atoms with Gasteiger partial charge in [0.1, 0.15) is 18.4 Å². The van der Waals surface area contributed by atoms with E-state index in [9.17, 15) is 19.5 Å². The van der Waals surface area contributed by atoms with Crippen LogP contribution in [0, 0.1) is 12.8 Å².